The van der Waals surface area contributed by atoms with Crippen LogP contribution in [0.25, 0.3) is 0 Å². The highest BCUT2D eigenvalue weighted by atomic mass is 16.5. The monoisotopic (exact) mass is 228 g/mol. The van der Waals surface area contributed by atoms with Crippen molar-refractivity contribution in [1.29, 1.82) is 0 Å². The van der Waals surface area contributed by atoms with E-state index in [2.05, 4.69) is 13.8 Å². The second-order valence-electron chi connectivity index (χ2n) is 5.42. The van der Waals surface area contributed by atoms with E-state index < -0.39 is 0 Å². The Bertz CT molecular complexity index is 241. The minimum absolute atomic E-state index is 0.0988. The molecular formula is C12H24N2O2. The first-order valence-electron chi connectivity index (χ1n) is 5.99. The van der Waals surface area contributed by atoms with Crippen LogP contribution in [-0.2, 0) is 9.53 Å². The molecule has 16 heavy (non-hydrogen) atoms. The Morgan fingerprint density at radius 3 is 2.75 bits per heavy atom. The third-order valence-electron chi connectivity index (χ3n) is 3.17. The Balaban J connectivity index is 2.34. The number of carbonyl (C=O) groups is 1. The molecule has 2 N–H and O–H groups in total. The maximum atomic E-state index is 12.0. The van der Waals surface area contributed by atoms with Gasteiger partial charge in [-0.2, -0.15) is 0 Å². The fourth-order valence-electron chi connectivity index (χ4n) is 2.11. The van der Waals surface area contributed by atoms with Crippen molar-refractivity contribution in [3.05, 3.63) is 0 Å². The van der Waals surface area contributed by atoms with Crippen molar-refractivity contribution in [3.63, 3.8) is 0 Å². The normalized spacial score (nSPS) is 21.1. The van der Waals surface area contributed by atoms with E-state index in [9.17, 15) is 4.79 Å². The quantitative estimate of drug-likeness (QED) is 0.714. The number of nitrogens with two attached hydrogens (primary N) is 1. The average molecular weight is 228 g/mol. The average Bonchev–Trinajstić information content (AvgIpc) is 2.58. The second-order valence-corrected chi connectivity index (χ2v) is 5.42. The number of ether oxygens (including phenoxy) is 1. The fourth-order valence-corrected chi connectivity index (χ4v) is 2.11. The van der Waals surface area contributed by atoms with Crippen LogP contribution in [0.5, 0.6) is 0 Å². The van der Waals surface area contributed by atoms with Crippen molar-refractivity contribution in [1.82, 2.24) is 4.90 Å². The molecule has 1 atom stereocenters. The third-order valence-corrected chi connectivity index (χ3v) is 3.17. The third kappa shape index (κ3) is 3.76. The van der Waals surface area contributed by atoms with E-state index in [4.69, 9.17) is 10.5 Å². The molecule has 1 heterocycles. The van der Waals surface area contributed by atoms with Gasteiger partial charge in [-0.05, 0) is 24.7 Å². The highest BCUT2D eigenvalue weighted by Gasteiger charge is 2.33. The summed E-state index contributed by atoms with van der Waals surface area (Å²) in [4.78, 5) is 13.9. The molecule has 1 unspecified atom stereocenters. The van der Waals surface area contributed by atoms with Gasteiger partial charge in [-0.1, -0.05) is 13.8 Å². The zero-order valence-corrected chi connectivity index (χ0v) is 10.7. The van der Waals surface area contributed by atoms with Crippen molar-refractivity contribution < 1.29 is 9.53 Å². The number of rotatable bonds is 5. The van der Waals surface area contributed by atoms with E-state index >= 15 is 0 Å². The van der Waals surface area contributed by atoms with Crippen molar-refractivity contribution in [2.24, 2.45) is 11.1 Å². The summed E-state index contributed by atoms with van der Waals surface area (Å²) in [7, 11) is 1.66. The molecule has 1 aliphatic rings. The predicted molar refractivity (Wildman–Crippen MR) is 64.1 cm³/mol. The molecule has 0 aromatic heterocycles. The van der Waals surface area contributed by atoms with Gasteiger partial charge in [-0.15, -0.1) is 0 Å². The smallest absolute Gasteiger partial charge is 0.239 e. The number of likely N-dealkylation sites (tertiary alicyclic amines) is 1. The standard InChI is InChI=1S/C12H24N2O2/c1-12(2)6-7-14(9-12)11(15)10(13)5-4-8-16-3/h10H,4-9,13H2,1-3H3. The van der Waals surface area contributed by atoms with Gasteiger partial charge in [0.1, 0.15) is 0 Å². The molecule has 1 amide bonds. The van der Waals surface area contributed by atoms with Crippen LogP contribution in [0.1, 0.15) is 33.1 Å². The lowest BCUT2D eigenvalue weighted by molar-refractivity contribution is -0.132. The van der Waals surface area contributed by atoms with Crippen LogP contribution >= 0.6 is 0 Å². The van der Waals surface area contributed by atoms with Gasteiger partial charge in [0.15, 0.2) is 0 Å². The van der Waals surface area contributed by atoms with Crippen LogP contribution in [0.4, 0.5) is 0 Å². The Morgan fingerprint density at radius 2 is 2.25 bits per heavy atom. The Hall–Kier alpha value is -0.610. The number of hydrogen-bond donors (Lipinski definition) is 1. The molecule has 1 saturated heterocycles. The summed E-state index contributed by atoms with van der Waals surface area (Å²) in [6, 6.07) is -0.357. The lowest BCUT2D eigenvalue weighted by atomic mass is 9.93. The van der Waals surface area contributed by atoms with Crippen LogP contribution in [0.2, 0.25) is 0 Å². The van der Waals surface area contributed by atoms with Crippen molar-refractivity contribution in [3.8, 4) is 0 Å². The summed E-state index contributed by atoms with van der Waals surface area (Å²) in [5.41, 5.74) is 6.13. The van der Waals surface area contributed by atoms with E-state index in [-0.39, 0.29) is 17.4 Å². The number of amides is 1. The molecule has 0 bridgehead atoms. The lowest BCUT2D eigenvalue weighted by Gasteiger charge is -2.22. The molecule has 0 saturated carbocycles. The highest BCUT2D eigenvalue weighted by molar-refractivity contribution is 5.81. The topological polar surface area (TPSA) is 55.6 Å². The Morgan fingerprint density at radius 1 is 1.56 bits per heavy atom. The molecule has 0 radical (unpaired) electrons. The molecule has 0 aliphatic carbocycles. The Labute approximate surface area is 98.1 Å². The second kappa shape index (κ2) is 5.64. The summed E-state index contributed by atoms with van der Waals surface area (Å²) in [5, 5.41) is 0. The zero-order chi connectivity index (χ0) is 12.2. The number of methoxy groups -OCH3 is 1. The Kier molecular flexibility index (Phi) is 4.74. The van der Waals surface area contributed by atoms with Gasteiger partial charge < -0.3 is 15.4 Å². The van der Waals surface area contributed by atoms with E-state index in [0.717, 1.165) is 25.9 Å². The van der Waals surface area contributed by atoms with Crippen LogP contribution in [0, 0.1) is 5.41 Å². The maximum Gasteiger partial charge on any atom is 0.239 e. The van der Waals surface area contributed by atoms with Gasteiger partial charge in [-0.25, -0.2) is 0 Å². The van der Waals surface area contributed by atoms with Gasteiger partial charge in [0, 0.05) is 26.8 Å². The molecular weight excluding hydrogens is 204 g/mol. The molecule has 0 aromatic rings. The first-order valence-corrected chi connectivity index (χ1v) is 5.99. The van der Waals surface area contributed by atoms with E-state index in [1.807, 2.05) is 4.90 Å². The first kappa shape index (κ1) is 13.5. The molecule has 1 aliphatic heterocycles. The molecule has 1 fully saturated rings. The van der Waals surface area contributed by atoms with Crippen LogP contribution in [0.15, 0.2) is 0 Å². The summed E-state index contributed by atoms with van der Waals surface area (Å²) < 4.78 is 4.95. The largest absolute Gasteiger partial charge is 0.385 e. The SMILES string of the molecule is COCCCC(N)C(=O)N1CCC(C)(C)C1. The summed E-state index contributed by atoms with van der Waals surface area (Å²) in [6.07, 6.45) is 2.63. The van der Waals surface area contributed by atoms with Crippen LogP contribution in [-0.4, -0.2) is 43.7 Å². The lowest BCUT2D eigenvalue weighted by Crippen LogP contribution is -2.43. The molecule has 94 valence electrons. The van der Waals surface area contributed by atoms with E-state index in [0.29, 0.717) is 13.0 Å². The van der Waals surface area contributed by atoms with Crippen LogP contribution in [0.3, 0.4) is 0 Å². The molecule has 4 nitrogen and oxygen atoms in total. The number of hydrogen-bond acceptors (Lipinski definition) is 3. The maximum absolute atomic E-state index is 12.0. The van der Waals surface area contributed by atoms with Crippen LogP contribution < -0.4 is 5.73 Å². The fraction of sp³-hybridized carbons (Fsp3) is 0.917. The molecule has 0 spiro atoms. The van der Waals surface area contributed by atoms with E-state index in [1.165, 1.54) is 0 Å². The number of nitrogens with zero attached hydrogens (tertiary/aromatic N) is 1. The minimum Gasteiger partial charge on any atom is -0.385 e. The van der Waals surface area contributed by atoms with Gasteiger partial charge in [0.25, 0.3) is 0 Å². The minimum atomic E-state index is -0.357. The summed E-state index contributed by atoms with van der Waals surface area (Å²) in [6.45, 7) is 6.74. The van der Waals surface area contributed by atoms with E-state index in [1.54, 1.807) is 7.11 Å². The van der Waals surface area contributed by atoms with Gasteiger partial charge in [-0.3, -0.25) is 4.79 Å². The van der Waals surface area contributed by atoms with Gasteiger partial charge in [0.2, 0.25) is 5.91 Å². The van der Waals surface area contributed by atoms with Crippen molar-refractivity contribution in [2.45, 2.75) is 39.2 Å². The predicted octanol–water partition coefficient (Wildman–Crippen LogP) is 0.999. The summed E-state index contributed by atoms with van der Waals surface area (Å²) in [5.74, 6) is 0.0988. The molecule has 1 rings (SSSR count). The summed E-state index contributed by atoms with van der Waals surface area (Å²) >= 11 is 0. The zero-order valence-electron chi connectivity index (χ0n) is 10.7. The highest BCUT2D eigenvalue weighted by Crippen LogP contribution is 2.29. The number of carbonyl (C=O) groups excluding carboxylic acids is 1. The van der Waals surface area contributed by atoms with Crippen molar-refractivity contribution in [2.75, 3.05) is 26.8 Å². The van der Waals surface area contributed by atoms with Crippen molar-refractivity contribution >= 4 is 5.91 Å². The first-order chi connectivity index (χ1) is 7.46. The molecule has 4 heteroatoms. The molecule has 0 aromatic carbocycles. The van der Waals surface area contributed by atoms with Gasteiger partial charge in [0.05, 0.1) is 6.04 Å². The van der Waals surface area contributed by atoms with Gasteiger partial charge >= 0.3 is 0 Å².